The average Bonchev–Trinajstić information content (AvgIpc) is 2.88. The number of aryl methyl sites for hydroxylation is 1. The van der Waals surface area contributed by atoms with Gasteiger partial charge in [0.25, 0.3) is 5.88 Å². The second-order valence-corrected chi connectivity index (χ2v) is 8.10. The van der Waals surface area contributed by atoms with Crippen LogP contribution in [-0.4, -0.2) is 49.2 Å². The van der Waals surface area contributed by atoms with Gasteiger partial charge in [-0.05, 0) is 43.5 Å². The van der Waals surface area contributed by atoms with E-state index in [9.17, 15) is 4.79 Å². The molecule has 2 aromatic carbocycles. The Morgan fingerprint density at radius 3 is 2.41 bits per heavy atom. The van der Waals surface area contributed by atoms with Gasteiger partial charge < -0.3 is 24.4 Å². The smallest absolute Gasteiger partial charge is 0.263 e. The Kier molecular flexibility index (Phi) is 7.80. The minimum Gasteiger partial charge on any atom is -0.493 e. The van der Waals surface area contributed by atoms with Crippen molar-refractivity contribution >= 4 is 11.7 Å². The number of amides is 1. The highest BCUT2D eigenvalue weighted by atomic mass is 16.5. The number of benzene rings is 2. The number of rotatable bonds is 9. The summed E-state index contributed by atoms with van der Waals surface area (Å²) in [5.74, 6) is 3.30. The van der Waals surface area contributed by atoms with E-state index < -0.39 is 0 Å². The Morgan fingerprint density at radius 2 is 1.68 bits per heavy atom. The fourth-order valence-electron chi connectivity index (χ4n) is 3.95. The average molecular weight is 463 g/mol. The number of aromatic nitrogens is 2. The van der Waals surface area contributed by atoms with Crippen LogP contribution in [0.15, 0.2) is 60.9 Å². The van der Waals surface area contributed by atoms with Crippen LogP contribution in [0.1, 0.15) is 18.4 Å². The lowest BCUT2D eigenvalue weighted by Gasteiger charge is -2.32. The van der Waals surface area contributed by atoms with E-state index in [0.717, 1.165) is 24.2 Å². The van der Waals surface area contributed by atoms with Gasteiger partial charge in [0.05, 0.1) is 13.7 Å². The van der Waals surface area contributed by atoms with Crippen LogP contribution in [-0.2, 0) is 4.79 Å². The molecule has 0 saturated carbocycles. The van der Waals surface area contributed by atoms with E-state index in [2.05, 4.69) is 20.2 Å². The van der Waals surface area contributed by atoms with Crippen LogP contribution >= 0.6 is 0 Å². The number of methoxy groups -OCH3 is 1. The molecule has 0 radical (unpaired) electrons. The maximum atomic E-state index is 12.7. The van der Waals surface area contributed by atoms with Gasteiger partial charge in [-0.2, -0.15) is 0 Å². The lowest BCUT2D eigenvalue weighted by atomic mass is 9.96. The molecule has 178 valence electrons. The van der Waals surface area contributed by atoms with E-state index in [1.165, 1.54) is 0 Å². The van der Waals surface area contributed by atoms with Crippen molar-refractivity contribution in [2.24, 2.45) is 5.92 Å². The minimum atomic E-state index is -0.0417. The van der Waals surface area contributed by atoms with Crippen LogP contribution < -0.4 is 24.4 Å². The van der Waals surface area contributed by atoms with Crippen LogP contribution in [0.3, 0.4) is 0 Å². The Labute approximate surface area is 199 Å². The van der Waals surface area contributed by atoms with Crippen molar-refractivity contribution in [1.82, 2.24) is 15.3 Å². The number of hydrogen-bond acceptors (Lipinski definition) is 7. The van der Waals surface area contributed by atoms with E-state index in [1.807, 2.05) is 55.5 Å². The number of piperidine rings is 1. The summed E-state index contributed by atoms with van der Waals surface area (Å²) in [4.78, 5) is 23.7. The maximum Gasteiger partial charge on any atom is 0.263 e. The Morgan fingerprint density at radius 1 is 1.00 bits per heavy atom. The second-order valence-electron chi connectivity index (χ2n) is 8.10. The van der Waals surface area contributed by atoms with Crippen LogP contribution in [0.25, 0.3) is 0 Å². The van der Waals surface area contributed by atoms with E-state index in [4.69, 9.17) is 14.2 Å². The molecule has 1 amide bonds. The highest BCUT2D eigenvalue weighted by Crippen LogP contribution is 2.32. The molecule has 4 rings (SSSR count). The van der Waals surface area contributed by atoms with Gasteiger partial charge in [-0.25, -0.2) is 9.97 Å². The number of carbonyl (C=O) groups excluding carboxylic acids is 1. The van der Waals surface area contributed by atoms with E-state index >= 15 is 0 Å². The molecule has 34 heavy (non-hydrogen) atoms. The van der Waals surface area contributed by atoms with Crippen LogP contribution in [0.4, 0.5) is 5.82 Å². The number of carbonyl (C=O) groups is 1. The summed E-state index contributed by atoms with van der Waals surface area (Å²) in [7, 11) is 1.61. The molecule has 3 aromatic rings. The summed E-state index contributed by atoms with van der Waals surface area (Å²) in [6.07, 6.45) is 4.77. The molecule has 1 aliphatic rings. The molecule has 8 nitrogen and oxygen atoms in total. The van der Waals surface area contributed by atoms with Crippen molar-refractivity contribution in [2.75, 3.05) is 38.3 Å². The SMILES string of the molecule is COc1ccccc1OCCNC(=O)C1CCN(c2nccnc2Oc2ccccc2C)CC1. The molecule has 2 heterocycles. The Balaban J connectivity index is 1.26. The van der Waals surface area contributed by atoms with Crippen molar-refractivity contribution in [3.63, 3.8) is 0 Å². The van der Waals surface area contributed by atoms with Crippen molar-refractivity contribution in [2.45, 2.75) is 19.8 Å². The fraction of sp³-hybridized carbons (Fsp3) is 0.346. The van der Waals surface area contributed by atoms with Crippen LogP contribution in [0, 0.1) is 12.8 Å². The number of hydrogen-bond donors (Lipinski definition) is 1. The van der Waals surface area contributed by atoms with Crippen molar-refractivity contribution in [1.29, 1.82) is 0 Å². The maximum absolute atomic E-state index is 12.7. The fourth-order valence-corrected chi connectivity index (χ4v) is 3.95. The van der Waals surface area contributed by atoms with Crippen molar-refractivity contribution in [3.05, 3.63) is 66.5 Å². The Bertz CT molecular complexity index is 1100. The molecule has 1 aromatic heterocycles. The predicted molar refractivity (Wildman–Crippen MR) is 130 cm³/mol. The zero-order chi connectivity index (χ0) is 23.8. The summed E-state index contributed by atoms with van der Waals surface area (Å²) < 4.78 is 17.1. The first kappa shape index (κ1) is 23.4. The molecule has 0 aliphatic carbocycles. The van der Waals surface area contributed by atoms with Gasteiger partial charge in [0.15, 0.2) is 17.3 Å². The molecule has 8 heteroatoms. The third-order valence-electron chi connectivity index (χ3n) is 5.84. The van der Waals surface area contributed by atoms with E-state index in [-0.39, 0.29) is 11.8 Å². The summed E-state index contributed by atoms with van der Waals surface area (Å²) >= 11 is 0. The van der Waals surface area contributed by atoms with E-state index in [1.54, 1.807) is 19.5 Å². The van der Waals surface area contributed by atoms with Crippen molar-refractivity contribution < 1.29 is 19.0 Å². The largest absolute Gasteiger partial charge is 0.493 e. The summed E-state index contributed by atoms with van der Waals surface area (Å²) in [6, 6.07) is 15.3. The molecule has 0 spiro atoms. The molecule has 1 aliphatic heterocycles. The topological polar surface area (TPSA) is 85.8 Å². The van der Waals surface area contributed by atoms with Crippen LogP contribution in [0.2, 0.25) is 0 Å². The predicted octanol–water partition coefficient (Wildman–Crippen LogP) is 4.00. The molecule has 1 saturated heterocycles. The zero-order valence-electron chi connectivity index (χ0n) is 19.6. The summed E-state index contributed by atoms with van der Waals surface area (Å²) in [6.45, 7) is 4.23. The van der Waals surface area contributed by atoms with Gasteiger partial charge in [0.1, 0.15) is 12.4 Å². The molecule has 0 atom stereocenters. The number of nitrogens with one attached hydrogen (secondary N) is 1. The second kappa shape index (κ2) is 11.4. The van der Waals surface area contributed by atoms with Gasteiger partial charge in [0, 0.05) is 31.4 Å². The first-order chi connectivity index (χ1) is 16.7. The standard InChI is InChI=1S/C26H30N4O4/c1-19-7-3-4-8-21(19)34-26-24(27-13-14-29-26)30-16-11-20(12-17-30)25(31)28-15-18-33-23-10-6-5-9-22(23)32-2/h3-10,13-14,20H,11-12,15-18H2,1-2H3,(H,28,31). The third kappa shape index (κ3) is 5.75. The highest BCUT2D eigenvalue weighted by molar-refractivity contribution is 5.79. The molecule has 0 unspecified atom stereocenters. The normalized spacial score (nSPS) is 13.9. The quantitative estimate of drug-likeness (QED) is 0.481. The molecular weight excluding hydrogens is 432 g/mol. The van der Waals surface area contributed by atoms with Gasteiger partial charge in [-0.15, -0.1) is 0 Å². The third-order valence-corrected chi connectivity index (χ3v) is 5.84. The number of para-hydroxylation sites is 3. The van der Waals surface area contributed by atoms with Gasteiger partial charge in [0.2, 0.25) is 5.91 Å². The van der Waals surface area contributed by atoms with Crippen molar-refractivity contribution in [3.8, 4) is 23.1 Å². The first-order valence-electron chi connectivity index (χ1n) is 11.5. The number of nitrogens with zero attached hydrogens (tertiary/aromatic N) is 3. The lowest BCUT2D eigenvalue weighted by molar-refractivity contribution is -0.125. The van der Waals surface area contributed by atoms with Gasteiger partial charge in [-0.1, -0.05) is 30.3 Å². The van der Waals surface area contributed by atoms with Gasteiger partial charge in [-0.3, -0.25) is 4.79 Å². The molecule has 1 N–H and O–H groups in total. The Hall–Kier alpha value is -3.81. The summed E-state index contributed by atoms with van der Waals surface area (Å²) in [5.41, 5.74) is 1.03. The highest BCUT2D eigenvalue weighted by Gasteiger charge is 2.27. The lowest BCUT2D eigenvalue weighted by Crippen LogP contribution is -2.41. The van der Waals surface area contributed by atoms with Gasteiger partial charge >= 0.3 is 0 Å². The minimum absolute atomic E-state index is 0.0417. The summed E-state index contributed by atoms with van der Waals surface area (Å²) in [5, 5.41) is 2.99. The van der Waals surface area contributed by atoms with E-state index in [0.29, 0.717) is 49.4 Å². The molecule has 1 fully saturated rings. The monoisotopic (exact) mass is 462 g/mol. The van der Waals surface area contributed by atoms with Crippen LogP contribution in [0.5, 0.6) is 23.1 Å². The molecule has 0 bridgehead atoms. The first-order valence-corrected chi connectivity index (χ1v) is 11.5. The number of ether oxygens (including phenoxy) is 3. The number of anilines is 1. The molecular formula is C26H30N4O4. The zero-order valence-corrected chi connectivity index (χ0v) is 19.6.